The van der Waals surface area contributed by atoms with E-state index in [1.807, 2.05) is 0 Å². The van der Waals surface area contributed by atoms with Gasteiger partial charge in [0.15, 0.2) is 17.2 Å². The van der Waals surface area contributed by atoms with Crippen LogP contribution < -0.4 is 4.74 Å². The highest BCUT2D eigenvalue weighted by molar-refractivity contribution is 5.88. The third-order valence-electron chi connectivity index (χ3n) is 6.83. The van der Waals surface area contributed by atoms with Crippen molar-refractivity contribution >= 4 is 17.1 Å². The molecule has 0 amide bonds. The van der Waals surface area contributed by atoms with E-state index < -0.39 is 35.9 Å². The Kier molecular flexibility index (Phi) is 7.39. The predicted molar refractivity (Wildman–Crippen MR) is 142 cm³/mol. The number of nitriles is 1. The second kappa shape index (κ2) is 11.5. The lowest BCUT2D eigenvalue weighted by Crippen LogP contribution is -2.32. The fourth-order valence-corrected chi connectivity index (χ4v) is 4.49. The number of carboxylic acids is 1. The summed E-state index contributed by atoms with van der Waals surface area (Å²) in [6, 6.07) is 9.94. The summed E-state index contributed by atoms with van der Waals surface area (Å²) in [6.45, 7) is 0.543. The summed E-state index contributed by atoms with van der Waals surface area (Å²) < 4.78 is 56.5. The maximum atomic E-state index is 15.4. The van der Waals surface area contributed by atoms with Crippen LogP contribution in [0.15, 0.2) is 48.8 Å². The molecule has 0 saturated carbocycles. The number of aromatic nitrogens is 6. The Bertz CT molecular complexity index is 1920. The van der Waals surface area contributed by atoms with E-state index in [0.29, 0.717) is 30.1 Å². The number of hydrogen-bond donors (Lipinski definition) is 1. The van der Waals surface area contributed by atoms with Gasteiger partial charge in [-0.25, -0.2) is 28.5 Å². The molecule has 4 aromatic heterocycles. The number of fused-ring (bicyclic) bond motifs is 1. The molecule has 1 saturated heterocycles. The second-order valence-electron chi connectivity index (χ2n) is 9.65. The standard InChI is InChI=1S/C29H20F3N7O4/c30-19-8-17(26-35-12-21(32)28(38-26)43-14-24-20(31)7-15(10-33)11-34-24)2-1-16(19)9-25-36-22-3-4-23(29(40)41)37-27(22)39(25)13-18-5-6-42-18/h1-4,7-8,11-12,18H,5-6,9,13-14H2,(H,40,41). The molecule has 11 nitrogen and oxygen atoms in total. The first-order chi connectivity index (χ1) is 20.8. The van der Waals surface area contributed by atoms with E-state index >= 15 is 4.39 Å². The van der Waals surface area contributed by atoms with Crippen LogP contribution in [-0.4, -0.2) is 53.3 Å². The van der Waals surface area contributed by atoms with Crippen molar-refractivity contribution in [2.45, 2.75) is 32.1 Å². The van der Waals surface area contributed by atoms with Gasteiger partial charge >= 0.3 is 5.97 Å². The normalized spacial score (nSPS) is 14.3. The van der Waals surface area contributed by atoms with Gasteiger partial charge in [0.05, 0.1) is 24.4 Å². The molecule has 0 radical (unpaired) electrons. The molecule has 6 rings (SSSR count). The van der Waals surface area contributed by atoms with Gasteiger partial charge in [-0.05, 0) is 36.2 Å². The van der Waals surface area contributed by atoms with Crippen LogP contribution in [-0.2, 0) is 24.3 Å². The minimum Gasteiger partial charge on any atom is -0.477 e. The van der Waals surface area contributed by atoms with Gasteiger partial charge in [-0.2, -0.15) is 14.6 Å². The van der Waals surface area contributed by atoms with Crippen molar-refractivity contribution in [3.8, 4) is 23.3 Å². The van der Waals surface area contributed by atoms with Gasteiger partial charge < -0.3 is 19.1 Å². The highest BCUT2D eigenvalue weighted by Crippen LogP contribution is 2.26. The monoisotopic (exact) mass is 587 g/mol. The maximum absolute atomic E-state index is 15.4. The number of rotatable bonds is 9. The lowest BCUT2D eigenvalue weighted by molar-refractivity contribution is -0.0590. The molecule has 1 aromatic carbocycles. The van der Waals surface area contributed by atoms with Crippen LogP contribution in [0.2, 0.25) is 0 Å². The molecule has 1 unspecified atom stereocenters. The molecule has 43 heavy (non-hydrogen) atoms. The molecule has 216 valence electrons. The summed E-state index contributed by atoms with van der Waals surface area (Å²) in [5, 5.41) is 18.2. The molecule has 0 spiro atoms. The molecular formula is C29H20F3N7O4. The van der Waals surface area contributed by atoms with Crippen molar-refractivity contribution < 1.29 is 32.5 Å². The molecule has 1 fully saturated rings. The van der Waals surface area contributed by atoms with Crippen molar-refractivity contribution in [2.24, 2.45) is 0 Å². The lowest BCUT2D eigenvalue weighted by atomic mass is 10.1. The Hall–Kier alpha value is -5.42. The van der Waals surface area contributed by atoms with Crippen LogP contribution in [0, 0.1) is 28.8 Å². The van der Waals surface area contributed by atoms with Crippen molar-refractivity contribution in [1.29, 1.82) is 5.26 Å². The van der Waals surface area contributed by atoms with E-state index in [1.54, 1.807) is 22.8 Å². The van der Waals surface area contributed by atoms with Crippen LogP contribution >= 0.6 is 0 Å². The minimum atomic E-state index is -1.17. The number of pyridine rings is 2. The number of nitrogens with zero attached hydrogens (tertiary/aromatic N) is 7. The van der Waals surface area contributed by atoms with Gasteiger partial charge in [-0.3, -0.25) is 4.98 Å². The summed E-state index contributed by atoms with van der Waals surface area (Å²) in [5.41, 5.74) is 1.10. The molecule has 14 heteroatoms. The van der Waals surface area contributed by atoms with Crippen molar-refractivity contribution in [3.63, 3.8) is 0 Å². The quantitative estimate of drug-likeness (QED) is 0.266. The molecule has 1 atom stereocenters. The molecule has 1 aliphatic rings. The number of hydrogen-bond acceptors (Lipinski definition) is 9. The van der Waals surface area contributed by atoms with E-state index in [-0.39, 0.29) is 46.4 Å². The third-order valence-corrected chi connectivity index (χ3v) is 6.83. The van der Waals surface area contributed by atoms with Crippen molar-refractivity contribution in [3.05, 3.63) is 94.6 Å². The summed E-state index contributed by atoms with van der Waals surface area (Å²) in [6.07, 6.45) is 2.82. The highest BCUT2D eigenvalue weighted by Gasteiger charge is 2.24. The molecule has 5 heterocycles. The number of ether oxygens (including phenoxy) is 2. The first kappa shape index (κ1) is 27.7. The van der Waals surface area contributed by atoms with Crippen LogP contribution in [0.25, 0.3) is 22.6 Å². The summed E-state index contributed by atoms with van der Waals surface area (Å²) in [7, 11) is 0. The molecule has 1 aliphatic heterocycles. The van der Waals surface area contributed by atoms with E-state index in [1.165, 1.54) is 18.2 Å². The number of halogens is 3. The Morgan fingerprint density at radius 2 is 1.91 bits per heavy atom. The number of imidazole rings is 1. The summed E-state index contributed by atoms with van der Waals surface area (Å²) >= 11 is 0. The van der Waals surface area contributed by atoms with E-state index in [2.05, 4.69) is 24.9 Å². The average molecular weight is 588 g/mol. The van der Waals surface area contributed by atoms with E-state index in [9.17, 15) is 18.7 Å². The van der Waals surface area contributed by atoms with Gasteiger partial charge in [0.25, 0.3) is 5.88 Å². The summed E-state index contributed by atoms with van der Waals surface area (Å²) in [5.74, 6) is -3.52. The fourth-order valence-electron chi connectivity index (χ4n) is 4.49. The molecule has 1 N–H and O–H groups in total. The van der Waals surface area contributed by atoms with Gasteiger partial charge in [0.2, 0.25) is 5.82 Å². The van der Waals surface area contributed by atoms with Gasteiger partial charge in [-0.15, -0.1) is 0 Å². The van der Waals surface area contributed by atoms with Crippen LogP contribution in [0.3, 0.4) is 0 Å². The highest BCUT2D eigenvalue weighted by atomic mass is 19.1. The Labute approximate surface area is 241 Å². The zero-order chi connectivity index (χ0) is 30.1. The topological polar surface area (TPSA) is 149 Å². The Morgan fingerprint density at radius 3 is 2.60 bits per heavy atom. The number of carbonyl (C=O) groups is 1. The van der Waals surface area contributed by atoms with Crippen molar-refractivity contribution in [2.75, 3.05) is 6.61 Å². The molecule has 0 bridgehead atoms. The van der Waals surface area contributed by atoms with E-state index in [0.717, 1.165) is 24.9 Å². The van der Waals surface area contributed by atoms with Crippen LogP contribution in [0.5, 0.6) is 5.88 Å². The third kappa shape index (κ3) is 5.70. The number of benzene rings is 1. The average Bonchev–Trinajstić information content (AvgIpc) is 3.31. The minimum absolute atomic E-state index is 0.0239. The first-order valence-corrected chi connectivity index (χ1v) is 13.0. The first-order valence-electron chi connectivity index (χ1n) is 13.0. The van der Waals surface area contributed by atoms with Crippen molar-refractivity contribution in [1.82, 2.24) is 29.5 Å². The van der Waals surface area contributed by atoms with Gasteiger partial charge in [0, 0.05) is 24.8 Å². The Morgan fingerprint density at radius 1 is 1.07 bits per heavy atom. The van der Waals surface area contributed by atoms with Crippen LogP contribution in [0.1, 0.15) is 39.6 Å². The fraction of sp³-hybridized carbons (Fsp3) is 0.207. The largest absolute Gasteiger partial charge is 0.477 e. The van der Waals surface area contributed by atoms with Gasteiger partial charge in [0.1, 0.15) is 41.3 Å². The molecule has 5 aromatic rings. The summed E-state index contributed by atoms with van der Waals surface area (Å²) in [4.78, 5) is 32.1. The second-order valence-corrected chi connectivity index (χ2v) is 9.65. The number of aromatic carboxylic acids is 1. The zero-order valence-corrected chi connectivity index (χ0v) is 22.2. The predicted octanol–water partition coefficient (Wildman–Crippen LogP) is 4.23. The van der Waals surface area contributed by atoms with E-state index in [4.69, 9.17) is 14.7 Å². The molecular weight excluding hydrogens is 567 g/mol. The van der Waals surface area contributed by atoms with Gasteiger partial charge in [-0.1, -0.05) is 12.1 Å². The maximum Gasteiger partial charge on any atom is 0.354 e. The Balaban J connectivity index is 1.25. The number of carboxylic acid groups (broad SMARTS) is 1. The molecule has 0 aliphatic carbocycles. The zero-order valence-electron chi connectivity index (χ0n) is 22.2. The SMILES string of the molecule is N#Cc1cnc(COc2nc(-c3ccc(Cc4nc5ccc(C(=O)O)nc5n4CC4CCO4)c(F)c3)ncc2F)c(F)c1. The smallest absolute Gasteiger partial charge is 0.354 e. The lowest BCUT2D eigenvalue weighted by Gasteiger charge is -2.27. The van der Waals surface area contributed by atoms with Crippen LogP contribution in [0.4, 0.5) is 13.2 Å².